The van der Waals surface area contributed by atoms with E-state index in [1.807, 2.05) is 4.90 Å². The van der Waals surface area contributed by atoms with Crippen molar-refractivity contribution < 1.29 is 4.79 Å². The molecule has 0 aliphatic carbocycles. The second-order valence-corrected chi connectivity index (χ2v) is 4.33. The van der Waals surface area contributed by atoms with E-state index in [9.17, 15) is 4.79 Å². The van der Waals surface area contributed by atoms with Crippen molar-refractivity contribution in [2.75, 3.05) is 19.6 Å². The average molecular weight is 222 g/mol. The number of hydrogen-bond acceptors (Lipinski definition) is 2. The zero-order valence-electron chi connectivity index (χ0n) is 10.2. The number of piperidine rings is 1. The highest BCUT2D eigenvalue weighted by Crippen LogP contribution is 2.20. The topological polar surface area (TPSA) is 32.3 Å². The van der Waals surface area contributed by atoms with Gasteiger partial charge in [0.05, 0.1) is 13.1 Å². The molecule has 0 bridgehead atoms. The zero-order chi connectivity index (χ0) is 11.8. The van der Waals surface area contributed by atoms with Crippen molar-refractivity contribution in [2.45, 2.75) is 45.1 Å². The van der Waals surface area contributed by atoms with E-state index in [0.717, 1.165) is 32.2 Å². The minimum absolute atomic E-state index is 0.202. The third kappa shape index (κ3) is 3.86. The maximum Gasteiger partial charge on any atom is 0.236 e. The maximum atomic E-state index is 12.0. The first-order valence-corrected chi connectivity index (χ1v) is 6.23. The van der Waals surface area contributed by atoms with Gasteiger partial charge in [0.1, 0.15) is 0 Å². The van der Waals surface area contributed by atoms with Crippen LogP contribution < -0.4 is 5.32 Å². The van der Waals surface area contributed by atoms with Gasteiger partial charge >= 0.3 is 0 Å². The van der Waals surface area contributed by atoms with Crippen molar-refractivity contribution in [3.05, 3.63) is 0 Å². The molecule has 1 aliphatic heterocycles. The Kier molecular flexibility index (Phi) is 5.95. The van der Waals surface area contributed by atoms with E-state index < -0.39 is 0 Å². The predicted octanol–water partition coefficient (Wildman–Crippen LogP) is 1.39. The van der Waals surface area contributed by atoms with Crippen molar-refractivity contribution in [1.29, 1.82) is 0 Å². The van der Waals surface area contributed by atoms with E-state index in [4.69, 9.17) is 6.42 Å². The normalized spacial score (nSPS) is 20.5. The predicted molar refractivity (Wildman–Crippen MR) is 66.0 cm³/mol. The smallest absolute Gasteiger partial charge is 0.236 e. The fourth-order valence-corrected chi connectivity index (χ4v) is 2.31. The van der Waals surface area contributed by atoms with Gasteiger partial charge in [0.15, 0.2) is 0 Å². The summed E-state index contributed by atoms with van der Waals surface area (Å²) in [7, 11) is 0. The molecule has 1 aliphatic rings. The first-order valence-electron chi connectivity index (χ1n) is 6.23. The van der Waals surface area contributed by atoms with Gasteiger partial charge in [-0.1, -0.05) is 19.3 Å². The Balaban J connectivity index is 2.41. The second-order valence-electron chi connectivity index (χ2n) is 4.33. The van der Waals surface area contributed by atoms with Gasteiger partial charge in [0, 0.05) is 12.6 Å². The molecule has 1 N–H and O–H groups in total. The van der Waals surface area contributed by atoms with Crippen molar-refractivity contribution >= 4 is 5.91 Å². The Hall–Kier alpha value is -1.01. The molecule has 1 unspecified atom stereocenters. The lowest BCUT2D eigenvalue weighted by Gasteiger charge is -2.35. The monoisotopic (exact) mass is 222 g/mol. The highest BCUT2D eigenvalue weighted by molar-refractivity contribution is 5.78. The summed E-state index contributed by atoms with van der Waals surface area (Å²) < 4.78 is 0. The van der Waals surface area contributed by atoms with Crippen molar-refractivity contribution in [3.8, 4) is 12.3 Å². The SMILES string of the molecule is C#CCNCC(=O)N1CCCCC1CCC. The molecule has 0 aromatic heterocycles. The standard InChI is InChI=1S/C13H22N2O/c1-3-7-12-8-5-6-10-15(12)13(16)11-14-9-4-2/h2,12,14H,3,5-11H2,1H3. The first-order chi connectivity index (χ1) is 7.79. The number of nitrogens with zero attached hydrogens (tertiary/aromatic N) is 1. The molecule has 1 saturated heterocycles. The number of carbonyl (C=O) groups is 1. The summed E-state index contributed by atoms with van der Waals surface area (Å²) in [5.41, 5.74) is 0. The summed E-state index contributed by atoms with van der Waals surface area (Å²) in [6.07, 6.45) is 11.0. The number of likely N-dealkylation sites (tertiary alicyclic amines) is 1. The number of carbonyl (C=O) groups excluding carboxylic acids is 1. The third-order valence-corrected chi connectivity index (χ3v) is 3.07. The summed E-state index contributed by atoms with van der Waals surface area (Å²) in [6.45, 7) is 3.94. The summed E-state index contributed by atoms with van der Waals surface area (Å²) in [5, 5.41) is 2.97. The van der Waals surface area contributed by atoms with Gasteiger partial charge in [0.25, 0.3) is 0 Å². The van der Waals surface area contributed by atoms with Crippen LogP contribution in [0.2, 0.25) is 0 Å². The van der Waals surface area contributed by atoms with Gasteiger partial charge in [-0.3, -0.25) is 10.1 Å². The van der Waals surface area contributed by atoms with Gasteiger partial charge in [-0.15, -0.1) is 6.42 Å². The molecule has 0 spiro atoms. The zero-order valence-corrected chi connectivity index (χ0v) is 10.2. The minimum atomic E-state index is 0.202. The molecule has 1 rings (SSSR count). The van der Waals surface area contributed by atoms with Crippen LogP contribution in [0.25, 0.3) is 0 Å². The summed E-state index contributed by atoms with van der Waals surface area (Å²) in [4.78, 5) is 14.0. The molecule has 90 valence electrons. The first kappa shape index (κ1) is 13.1. The molecular formula is C13H22N2O. The van der Waals surface area contributed by atoms with Crippen LogP contribution in [0.3, 0.4) is 0 Å². The molecule has 0 aromatic rings. The molecule has 0 aromatic carbocycles. The van der Waals surface area contributed by atoms with E-state index >= 15 is 0 Å². The van der Waals surface area contributed by atoms with E-state index in [-0.39, 0.29) is 5.91 Å². The number of terminal acetylenes is 1. The van der Waals surface area contributed by atoms with Crippen LogP contribution in [-0.4, -0.2) is 36.5 Å². The minimum Gasteiger partial charge on any atom is -0.339 e. The summed E-state index contributed by atoms with van der Waals surface area (Å²) in [5.74, 6) is 2.68. The van der Waals surface area contributed by atoms with E-state index in [0.29, 0.717) is 19.1 Å². The molecule has 3 nitrogen and oxygen atoms in total. The molecule has 1 fully saturated rings. The lowest BCUT2D eigenvalue weighted by atomic mass is 9.98. The molecule has 3 heteroatoms. The van der Waals surface area contributed by atoms with Crippen LogP contribution in [0.1, 0.15) is 39.0 Å². The van der Waals surface area contributed by atoms with E-state index in [1.165, 1.54) is 6.42 Å². The fraction of sp³-hybridized carbons (Fsp3) is 0.769. The third-order valence-electron chi connectivity index (χ3n) is 3.07. The molecule has 0 saturated carbocycles. The lowest BCUT2D eigenvalue weighted by molar-refractivity contribution is -0.134. The Morgan fingerprint density at radius 2 is 2.38 bits per heavy atom. The molecule has 16 heavy (non-hydrogen) atoms. The Morgan fingerprint density at radius 3 is 3.06 bits per heavy atom. The van der Waals surface area contributed by atoms with Crippen molar-refractivity contribution in [1.82, 2.24) is 10.2 Å². The molecule has 0 radical (unpaired) electrons. The quantitative estimate of drug-likeness (QED) is 0.563. The molecular weight excluding hydrogens is 200 g/mol. The van der Waals surface area contributed by atoms with E-state index in [2.05, 4.69) is 18.2 Å². The molecule has 1 heterocycles. The second kappa shape index (κ2) is 7.29. The Morgan fingerprint density at radius 1 is 1.56 bits per heavy atom. The average Bonchev–Trinajstić information content (AvgIpc) is 2.30. The fourth-order valence-electron chi connectivity index (χ4n) is 2.31. The Bertz CT molecular complexity index is 255. The highest BCUT2D eigenvalue weighted by atomic mass is 16.2. The van der Waals surface area contributed by atoms with Crippen molar-refractivity contribution in [3.63, 3.8) is 0 Å². The van der Waals surface area contributed by atoms with E-state index in [1.54, 1.807) is 0 Å². The van der Waals surface area contributed by atoms with Crippen molar-refractivity contribution in [2.24, 2.45) is 0 Å². The summed E-state index contributed by atoms with van der Waals surface area (Å²) >= 11 is 0. The largest absolute Gasteiger partial charge is 0.339 e. The van der Waals surface area contributed by atoms with Crippen LogP contribution in [0.4, 0.5) is 0 Å². The highest BCUT2D eigenvalue weighted by Gasteiger charge is 2.25. The van der Waals surface area contributed by atoms with Gasteiger partial charge in [0.2, 0.25) is 5.91 Å². The molecule has 1 atom stereocenters. The van der Waals surface area contributed by atoms with Crippen LogP contribution in [0.15, 0.2) is 0 Å². The number of amides is 1. The Labute approximate surface area is 98.6 Å². The number of hydrogen-bond donors (Lipinski definition) is 1. The van der Waals surface area contributed by atoms with Gasteiger partial charge in [-0.2, -0.15) is 0 Å². The van der Waals surface area contributed by atoms with Crippen LogP contribution in [-0.2, 0) is 4.79 Å². The lowest BCUT2D eigenvalue weighted by Crippen LogP contribution is -2.47. The summed E-state index contributed by atoms with van der Waals surface area (Å²) in [6, 6.07) is 0.457. The number of rotatable bonds is 5. The van der Waals surface area contributed by atoms with Gasteiger partial charge in [-0.05, 0) is 25.7 Å². The van der Waals surface area contributed by atoms with Gasteiger partial charge in [-0.25, -0.2) is 0 Å². The number of nitrogens with one attached hydrogen (secondary N) is 1. The van der Waals surface area contributed by atoms with Crippen LogP contribution >= 0.6 is 0 Å². The van der Waals surface area contributed by atoms with Crippen LogP contribution in [0, 0.1) is 12.3 Å². The van der Waals surface area contributed by atoms with Crippen LogP contribution in [0.5, 0.6) is 0 Å². The maximum absolute atomic E-state index is 12.0. The van der Waals surface area contributed by atoms with Gasteiger partial charge < -0.3 is 4.90 Å². The molecule has 1 amide bonds.